The number of aliphatic carboxylic acids is 1. The second-order valence-corrected chi connectivity index (χ2v) is 6.47. The number of carbonyl (C=O) groups is 2. The van der Waals surface area contributed by atoms with E-state index in [1.807, 2.05) is 0 Å². The quantitative estimate of drug-likeness (QED) is 0.823. The van der Waals surface area contributed by atoms with Crippen molar-refractivity contribution < 1.29 is 14.7 Å². The van der Waals surface area contributed by atoms with Crippen molar-refractivity contribution in [2.75, 3.05) is 13.1 Å². The van der Waals surface area contributed by atoms with E-state index < -0.39 is 12.0 Å². The Hall–Kier alpha value is -1.26. The zero-order valence-corrected chi connectivity index (χ0v) is 11.8. The Morgan fingerprint density at radius 2 is 2.00 bits per heavy atom. The molecule has 2 unspecified atom stereocenters. The molecule has 2 atom stereocenters. The number of hydrogen-bond acceptors (Lipinski definition) is 2. The van der Waals surface area contributed by atoms with Gasteiger partial charge in [0, 0.05) is 13.1 Å². The fraction of sp³-hybridized carbons (Fsp3) is 0.857. The number of nitrogens with one attached hydrogen (secondary N) is 1. The Labute approximate surface area is 114 Å². The molecule has 1 aliphatic carbocycles. The Balaban J connectivity index is 1.89. The molecule has 0 spiro atoms. The van der Waals surface area contributed by atoms with Gasteiger partial charge in [-0.1, -0.05) is 26.7 Å². The molecule has 2 fully saturated rings. The molecule has 108 valence electrons. The van der Waals surface area contributed by atoms with Crippen LogP contribution in [0.5, 0.6) is 0 Å². The maximum atomic E-state index is 12.2. The molecule has 0 aromatic heterocycles. The number of nitrogens with zero attached hydrogens (tertiary/aromatic N) is 1. The van der Waals surface area contributed by atoms with E-state index in [0.717, 1.165) is 25.7 Å². The predicted octanol–water partition coefficient (Wildman–Crippen LogP) is 2.07. The van der Waals surface area contributed by atoms with Crippen molar-refractivity contribution in [1.82, 2.24) is 10.2 Å². The van der Waals surface area contributed by atoms with Gasteiger partial charge in [0.2, 0.25) is 0 Å². The average molecular weight is 268 g/mol. The summed E-state index contributed by atoms with van der Waals surface area (Å²) in [6, 6.07) is -0.869. The standard InChI is InChI=1S/C14H24N2O3/c1-14(2)8-10(14)9-15-13(19)16-7-5-3-4-6-11(16)12(17)18/h10-11H,3-9H2,1-2H3,(H,15,19)(H,17,18). The SMILES string of the molecule is CC1(C)CC1CNC(=O)N1CCCCCC1C(=O)O. The van der Waals surface area contributed by atoms with Gasteiger partial charge in [0.15, 0.2) is 0 Å². The third-order valence-corrected chi connectivity index (χ3v) is 4.52. The highest BCUT2D eigenvalue weighted by Crippen LogP contribution is 2.50. The van der Waals surface area contributed by atoms with Crippen molar-refractivity contribution in [3.05, 3.63) is 0 Å². The van der Waals surface area contributed by atoms with Crippen LogP contribution in [0.1, 0.15) is 46.0 Å². The van der Waals surface area contributed by atoms with Gasteiger partial charge in [0.25, 0.3) is 0 Å². The number of carboxylic acid groups (broad SMARTS) is 1. The lowest BCUT2D eigenvalue weighted by atomic mass is 10.1. The number of amides is 2. The molecule has 0 bridgehead atoms. The summed E-state index contributed by atoms with van der Waals surface area (Å²) in [6.45, 7) is 5.59. The molecule has 2 rings (SSSR count). The average Bonchev–Trinajstić information content (AvgIpc) is 3.01. The normalized spacial score (nSPS) is 29.5. The zero-order chi connectivity index (χ0) is 14.0. The largest absolute Gasteiger partial charge is 0.480 e. The Bertz CT molecular complexity index is 368. The van der Waals surface area contributed by atoms with Gasteiger partial charge in [-0.3, -0.25) is 0 Å². The highest BCUT2D eigenvalue weighted by molar-refractivity contribution is 5.82. The molecule has 0 aromatic carbocycles. The summed E-state index contributed by atoms with van der Waals surface area (Å²) >= 11 is 0. The van der Waals surface area contributed by atoms with Crippen molar-refractivity contribution in [2.45, 2.75) is 52.0 Å². The predicted molar refractivity (Wildman–Crippen MR) is 71.9 cm³/mol. The Morgan fingerprint density at radius 3 is 2.58 bits per heavy atom. The van der Waals surface area contributed by atoms with Crippen molar-refractivity contribution >= 4 is 12.0 Å². The molecule has 0 aromatic rings. The number of rotatable bonds is 3. The fourth-order valence-electron chi connectivity index (χ4n) is 2.84. The summed E-state index contributed by atoms with van der Waals surface area (Å²) in [5.41, 5.74) is 0.332. The van der Waals surface area contributed by atoms with Crippen LogP contribution < -0.4 is 5.32 Å². The van der Waals surface area contributed by atoms with E-state index in [9.17, 15) is 14.7 Å². The molecule has 1 saturated heterocycles. The van der Waals surface area contributed by atoms with Crippen LogP contribution in [-0.2, 0) is 4.79 Å². The Morgan fingerprint density at radius 1 is 1.32 bits per heavy atom. The fourth-order valence-corrected chi connectivity index (χ4v) is 2.84. The Kier molecular flexibility index (Phi) is 4.02. The third-order valence-electron chi connectivity index (χ3n) is 4.52. The van der Waals surface area contributed by atoms with Crippen molar-refractivity contribution in [1.29, 1.82) is 0 Å². The van der Waals surface area contributed by atoms with Gasteiger partial charge in [0.05, 0.1) is 0 Å². The van der Waals surface area contributed by atoms with E-state index in [-0.39, 0.29) is 6.03 Å². The molecular formula is C14H24N2O3. The van der Waals surface area contributed by atoms with Gasteiger partial charge in [-0.15, -0.1) is 0 Å². The van der Waals surface area contributed by atoms with E-state index >= 15 is 0 Å². The lowest BCUT2D eigenvalue weighted by Gasteiger charge is -2.27. The topological polar surface area (TPSA) is 69.6 Å². The molecule has 1 saturated carbocycles. The van der Waals surface area contributed by atoms with Crippen LogP contribution in [-0.4, -0.2) is 41.1 Å². The number of urea groups is 1. The van der Waals surface area contributed by atoms with Crippen LogP contribution >= 0.6 is 0 Å². The van der Waals surface area contributed by atoms with E-state index in [0.29, 0.717) is 30.8 Å². The van der Waals surface area contributed by atoms with E-state index in [2.05, 4.69) is 19.2 Å². The number of carbonyl (C=O) groups excluding carboxylic acids is 1. The first-order valence-corrected chi connectivity index (χ1v) is 7.19. The van der Waals surface area contributed by atoms with Gasteiger partial charge in [-0.25, -0.2) is 9.59 Å². The molecule has 2 aliphatic rings. The maximum Gasteiger partial charge on any atom is 0.326 e. The van der Waals surface area contributed by atoms with Gasteiger partial charge in [-0.05, 0) is 30.6 Å². The summed E-state index contributed by atoms with van der Waals surface area (Å²) < 4.78 is 0. The highest BCUT2D eigenvalue weighted by atomic mass is 16.4. The molecule has 2 amide bonds. The minimum Gasteiger partial charge on any atom is -0.480 e. The first-order chi connectivity index (χ1) is 8.92. The van der Waals surface area contributed by atoms with Gasteiger partial charge in [-0.2, -0.15) is 0 Å². The summed E-state index contributed by atoms with van der Waals surface area (Å²) in [7, 11) is 0. The summed E-state index contributed by atoms with van der Waals surface area (Å²) in [6.07, 6.45) is 4.49. The molecule has 1 aliphatic heterocycles. The highest BCUT2D eigenvalue weighted by Gasteiger charge is 2.45. The zero-order valence-electron chi connectivity index (χ0n) is 11.8. The van der Waals surface area contributed by atoms with Crippen molar-refractivity contribution in [3.63, 3.8) is 0 Å². The minimum absolute atomic E-state index is 0.211. The smallest absolute Gasteiger partial charge is 0.326 e. The van der Waals surface area contributed by atoms with Gasteiger partial charge >= 0.3 is 12.0 Å². The van der Waals surface area contributed by atoms with Crippen molar-refractivity contribution in [3.8, 4) is 0 Å². The second kappa shape index (κ2) is 5.39. The van der Waals surface area contributed by atoms with E-state index in [1.54, 1.807) is 0 Å². The molecule has 1 heterocycles. The molecule has 2 N–H and O–H groups in total. The van der Waals surface area contributed by atoms with Crippen LogP contribution in [0.25, 0.3) is 0 Å². The number of likely N-dealkylation sites (tertiary alicyclic amines) is 1. The minimum atomic E-state index is -0.885. The van der Waals surface area contributed by atoms with Crippen LogP contribution in [0.4, 0.5) is 4.79 Å². The first kappa shape index (κ1) is 14.2. The lowest BCUT2D eigenvalue weighted by Crippen LogP contribution is -2.49. The van der Waals surface area contributed by atoms with E-state index in [1.165, 1.54) is 4.90 Å². The van der Waals surface area contributed by atoms with E-state index in [4.69, 9.17) is 0 Å². The molecule has 5 nitrogen and oxygen atoms in total. The maximum absolute atomic E-state index is 12.2. The van der Waals surface area contributed by atoms with Gasteiger partial charge < -0.3 is 15.3 Å². The number of carboxylic acids is 1. The van der Waals surface area contributed by atoms with Crippen LogP contribution in [0, 0.1) is 11.3 Å². The molecular weight excluding hydrogens is 244 g/mol. The summed E-state index contributed by atoms with van der Waals surface area (Å²) in [5.74, 6) is -0.351. The molecule has 5 heteroatoms. The lowest BCUT2D eigenvalue weighted by molar-refractivity contribution is -0.142. The molecule has 0 radical (unpaired) electrons. The number of hydrogen-bond donors (Lipinski definition) is 2. The van der Waals surface area contributed by atoms with Gasteiger partial charge in [0.1, 0.15) is 6.04 Å². The van der Waals surface area contributed by atoms with Crippen LogP contribution in [0.3, 0.4) is 0 Å². The summed E-state index contributed by atoms with van der Waals surface area (Å²) in [4.78, 5) is 24.9. The summed E-state index contributed by atoms with van der Waals surface area (Å²) in [5, 5.41) is 12.1. The monoisotopic (exact) mass is 268 g/mol. The van der Waals surface area contributed by atoms with Crippen LogP contribution in [0.15, 0.2) is 0 Å². The first-order valence-electron chi connectivity index (χ1n) is 7.19. The second-order valence-electron chi connectivity index (χ2n) is 6.47. The van der Waals surface area contributed by atoms with Crippen molar-refractivity contribution in [2.24, 2.45) is 11.3 Å². The van der Waals surface area contributed by atoms with Crippen LogP contribution in [0.2, 0.25) is 0 Å². The third kappa shape index (κ3) is 3.39. The molecule has 19 heavy (non-hydrogen) atoms.